The molecule has 1 fully saturated rings. The fraction of sp³-hybridized carbons (Fsp3) is 0.417. The molecule has 0 radical (unpaired) electrons. The van der Waals surface area contributed by atoms with Crippen LogP contribution in [0.1, 0.15) is 16.8 Å². The van der Waals surface area contributed by atoms with Gasteiger partial charge in [0.2, 0.25) is 6.79 Å². The van der Waals surface area contributed by atoms with Crippen molar-refractivity contribution in [1.29, 1.82) is 0 Å². The molecule has 6 heteroatoms. The first kappa shape index (κ1) is 13.0. The van der Waals surface area contributed by atoms with E-state index in [1.165, 1.54) is 0 Å². The Morgan fingerprint density at radius 3 is 2.94 bits per heavy atom. The fourth-order valence-electron chi connectivity index (χ4n) is 2.08. The third kappa shape index (κ3) is 2.52. The number of benzene rings is 1. The van der Waals surface area contributed by atoms with E-state index < -0.39 is 0 Å². The number of halogens is 1. The van der Waals surface area contributed by atoms with Crippen LogP contribution in [0.5, 0.6) is 11.5 Å². The normalized spacial score (nSPS) is 20.3. The number of nitrogens with one attached hydrogen (secondary N) is 2. The summed E-state index contributed by atoms with van der Waals surface area (Å²) in [7, 11) is 0. The minimum Gasteiger partial charge on any atom is -0.454 e. The van der Waals surface area contributed by atoms with Gasteiger partial charge in [0.15, 0.2) is 11.5 Å². The molecule has 0 aliphatic carbocycles. The molecule has 2 heterocycles. The highest BCUT2D eigenvalue weighted by Crippen LogP contribution is 2.32. The van der Waals surface area contributed by atoms with E-state index in [-0.39, 0.29) is 31.1 Å². The van der Waals surface area contributed by atoms with E-state index in [1.54, 1.807) is 18.2 Å². The van der Waals surface area contributed by atoms with Gasteiger partial charge in [-0.05, 0) is 31.2 Å². The second kappa shape index (κ2) is 5.46. The molecular weight excluding hydrogens is 256 g/mol. The molecule has 1 amide bonds. The Morgan fingerprint density at radius 2 is 2.17 bits per heavy atom. The molecule has 2 aliphatic heterocycles. The van der Waals surface area contributed by atoms with Crippen molar-refractivity contribution in [3.8, 4) is 11.5 Å². The number of hydrogen-bond acceptors (Lipinski definition) is 4. The summed E-state index contributed by atoms with van der Waals surface area (Å²) in [5, 5.41) is 6.20. The zero-order valence-electron chi connectivity index (χ0n) is 9.77. The van der Waals surface area contributed by atoms with Crippen molar-refractivity contribution in [1.82, 2.24) is 10.6 Å². The molecule has 2 aliphatic rings. The molecule has 1 atom stereocenters. The van der Waals surface area contributed by atoms with Crippen LogP contribution in [0.4, 0.5) is 0 Å². The van der Waals surface area contributed by atoms with E-state index in [1.807, 2.05) is 0 Å². The Balaban J connectivity index is 0.00000120. The molecule has 0 aromatic heterocycles. The second-order valence-electron chi connectivity index (χ2n) is 4.23. The summed E-state index contributed by atoms with van der Waals surface area (Å²) in [4.78, 5) is 12.0. The summed E-state index contributed by atoms with van der Waals surface area (Å²) in [5.74, 6) is 1.28. The van der Waals surface area contributed by atoms with E-state index in [2.05, 4.69) is 10.6 Å². The molecule has 1 aromatic carbocycles. The lowest BCUT2D eigenvalue weighted by Gasteiger charge is -2.11. The molecule has 0 saturated carbocycles. The molecule has 18 heavy (non-hydrogen) atoms. The third-order valence-electron chi connectivity index (χ3n) is 3.03. The van der Waals surface area contributed by atoms with Crippen molar-refractivity contribution in [2.45, 2.75) is 12.5 Å². The van der Waals surface area contributed by atoms with E-state index in [9.17, 15) is 4.79 Å². The number of carbonyl (C=O) groups is 1. The lowest BCUT2D eigenvalue weighted by molar-refractivity contribution is 0.0939. The first-order chi connectivity index (χ1) is 8.33. The average molecular weight is 271 g/mol. The molecule has 0 unspecified atom stereocenters. The van der Waals surface area contributed by atoms with Gasteiger partial charge in [0.05, 0.1) is 0 Å². The highest BCUT2D eigenvalue weighted by Gasteiger charge is 2.20. The molecule has 2 N–H and O–H groups in total. The maximum Gasteiger partial charge on any atom is 0.251 e. The average Bonchev–Trinajstić information content (AvgIpc) is 2.97. The topological polar surface area (TPSA) is 59.6 Å². The van der Waals surface area contributed by atoms with Gasteiger partial charge in [-0.2, -0.15) is 0 Å². The van der Waals surface area contributed by atoms with Gasteiger partial charge in [-0.3, -0.25) is 4.79 Å². The predicted molar refractivity (Wildman–Crippen MR) is 68.6 cm³/mol. The van der Waals surface area contributed by atoms with Crippen LogP contribution in [0, 0.1) is 0 Å². The zero-order valence-corrected chi connectivity index (χ0v) is 10.6. The molecule has 0 bridgehead atoms. The number of carbonyl (C=O) groups excluding carboxylic acids is 1. The lowest BCUT2D eigenvalue weighted by atomic mass is 10.1. The van der Waals surface area contributed by atoms with E-state index in [0.717, 1.165) is 19.5 Å². The Labute approximate surface area is 111 Å². The molecule has 0 spiro atoms. The Bertz CT molecular complexity index is 447. The standard InChI is InChI=1S/C12H14N2O3.ClH/c15-12(14-9-3-4-13-6-9)8-1-2-10-11(5-8)17-7-16-10;/h1-2,5,9,13H,3-4,6-7H2,(H,14,15);1H/t9-;/m0./s1. The quantitative estimate of drug-likeness (QED) is 0.839. The maximum absolute atomic E-state index is 12.0. The molecule has 1 aromatic rings. The highest BCUT2D eigenvalue weighted by atomic mass is 35.5. The van der Waals surface area contributed by atoms with Crippen molar-refractivity contribution >= 4 is 18.3 Å². The van der Waals surface area contributed by atoms with Crippen LogP contribution in [0.2, 0.25) is 0 Å². The predicted octanol–water partition coefficient (Wildman–Crippen LogP) is 0.929. The first-order valence-electron chi connectivity index (χ1n) is 5.74. The highest BCUT2D eigenvalue weighted by molar-refractivity contribution is 5.95. The van der Waals surface area contributed by atoms with Gasteiger partial charge in [0.1, 0.15) is 0 Å². The Kier molecular flexibility index (Phi) is 3.93. The fourth-order valence-corrected chi connectivity index (χ4v) is 2.08. The van der Waals surface area contributed by atoms with Gasteiger partial charge in [-0.15, -0.1) is 12.4 Å². The van der Waals surface area contributed by atoms with Crippen molar-refractivity contribution in [3.05, 3.63) is 23.8 Å². The van der Waals surface area contributed by atoms with Gasteiger partial charge in [0, 0.05) is 18.2 Å². The molecular formula is C12H15ClN2O3. The van der Waals surface area contributed by atoms with Crippen LogP contribution in [0.15, 0.2) is 18.2 Å². The molecule has 1 saturated heterocycles. The largest absolute Gasteiger partial charge is 0.454 e. The van der Waals surface area contributed by atoms with Gasteiger partial charge in [-0.25, -0.2) is 0 Å². The van der Waals surface area contributed by atoms with Crippen LogP contribution < -0.4 is 20.1 Å². The van der Waals surface area contributed by atoms with Crippen molar-refractivity contribution < 1.29 is 14.3 Å². The number of rotatable bonds is 2. The molecule has 3 rings (SSSR count). The van der Waals surface area contributed by atoms with Gasteiger partial charge in [0.25, 0.3) is 5.91 Å². The zero-order chi connectivity index (χ0) is 11.7. The summed E-state index contributed by atoms with van der Waals surface area (Å²) in [5.41, 5.74) is 0.612. The lowest BCUT2D eigenvalue weighted by Crippen LogP contribution is -2.36. The van der Waals surface area contributed by atoms with Crippen molar-refractivity contribution in [2.24, 2.45) is 0 Å². The summed E-state index contributed by atoms with van der Waals surface area (Å²) >= 11 is 0. The van der Waals surface area contributed by atoms with Crippen LogP contribution in [0.3, 0.4) is 0 Å². The SMILES string of the molecule is Cl.O=C(N[C@H]1CCNC1)c1ccc2c(c1)OCO2. The van der Waals surface area contributed by atoms with Crippen molar-refractivity contribution in [2.75, 3.05) is 19.9 Å². The van der Waals surface area contributed by atoms with E-state index in [0.29, 0.717) is 17.1 Å². The second-order valence-corrected chi connectivity index (χ2v) is 4.23. The maximum atomic E-state index is 12.0. The number of fused-ring (bicyclic) bond motifs is 1. The monoisotopic (exact) mass is 270 g/mol. The first-order valence-corrected chi connectivity index (χ1v) is 5.74. The van der Waals surface area contributed by atoms with Gasteiger partial charge >= 0.3 is 0 Å². The van der Waals surface area contributed by atoms with E-state index in [4.69, 9.17) is 9.47 Å². The Morgan fingerprint density at radius 1 is 1.33 bits per heavy atom. The number of ether oxygens (including phenoxy) is 2. The summed E-state index contributed by atoms with van der Waals surface area (Å²) in [6, 6.07) is 5.48. The minimum atomic E-state index is -0.0583. The minimum absolute atomic E-state index is 0. The molecule has 5 nitrogen and oxygen atoms in total. The van der Waals surface area contributed by atoms with Crippen LogP contribution >= 0.6 is 12.4 Å². The third-order valence-corrected chi connectivity index (χ3v) is 3.03. The van der Waals surface area contributed by atoms with Gasteiger partial charge in [-0.1, -0.05) is 0 Å². The number of amides is 1. The van der Waals surface area contributed by atoms with E-state index >= 15 is 0 Å². The molecule has 98 valence electrons. The van der Waals surface area contributed by atoms with Gasteiger partial charge < -0.3 is 20.1 Å². The van der Waals surface area contributed by atoms with Crippen molar-refractivity contribution in [3.63, 3.8) is 0 Å². The summed E-state index contributed by atoms with van der Waals surface area (Å²) < 4.78 is 10.4. The summed E-state index contributed by atoms with van der Waals surface area (Å²) in [6.07, 6.45) is 0.982. The van der Waals surface area contributed by atoms with Crippen LogP contribution in [-0.2, 0) is 0 Å². The summed E-state index contributed by atoms with van der Waals surface area (Å²) in [6.45, 7) is 2.04. The number of hydrogen-bond donors (Lipinski definition) is 2. The van der Waals surface area contributed by atoms with Crippen LogP contribution in [0.25, 0.3) is 0 Å². The Hall–Kier alpha value is -1.46. The smallest absolute Gasteiger partial charge is 0.251 e. The van der Waals surface area contributed by atoms with Crippen LogP contribution in [-0.4, -0.2) is 31.8 Å².